The first-order valence-electron chi connectivity index (χ1n) is 7.03. The van der Waals surface area contributed by atoms with E-state index in [0.717, 1.165) is 23.2 Å². The molecule has 4 rings (SSSR count). The minimum atomic E-state index is -0.0347. The molecule has 3 heterocycles. The average Bonchev–Trinajstić information content (AvgIpc) is 3.17. The molecule has 1 N–H and O–H groups in total. The van der Waals surface area contributed by atoms with Gasteiger partial charge in [-0.1, -0.05) is 12.1 Å². The summed E-state index contributed by atoms with van der Waals surface area (Å²) in [5, 5.41) is 7.56. The van der Waals surface area contributed by atoms with Crippen LogP contribution in [0.5, 0.6) is 0 Å². The van der Waals surface area contributed by atoms with Crippen LogP contribution in [0.4, 0.5) is 6.01 Å². The van der Waals surface area contributed by atoms with Gasteiger partial charge in [0.25, 0.3) is 6.01 Å². The van der Waals surface area contributed by atoms with Gasteiger partial charge in [-0.05, 0) is 24.6 Å². The van der Waals surface area contributed by atoms with Crippen molar-refractivity contribution in [2.75, 3.05) is 11.9 Å². The van der Waals surface area contributed by atoms with Gasteiger partial charge in [0, 0.05) is 19.9 Å². The van der Waals surface area contributed by atoms with Gasteiger partial charge in [0.1, 0.15) is 11.6 Å². The van der Waals surface area contributed by atoms with Crippen LogP contribution < -0.4 is 5.32 Å². The van der Waals surface area contributed by atoms with Crippen molar-refractivity contribution >= 4 is 17.1 Å². The van der Waals surface area contributed by atoms with Crippen molar-refractivity contribution in [2.45, 2.75) is 18.6 Å². The molecule has 1 aliphatic rings. The number of nitrogens with zero attached hydrogens (tertiary/aromatic N) is 3. The van der Waals surface area contributed by atoms with Gasteiger partial charge in [0.15, 0.2) is 5.58 Å². The number of aromatic nitrogens is 3. The van der Waals surface area contributed by atoms with E-state index in [1.54, 1.807) is 6.20 Å². The molecule has 0 amide bonds. The summed E-state index contributed by atoms with van der Waals surface area (Å²) in [6.45, 7) is 0.716. The molecular formula is C15H16N4O2. The minimum Gasteiger partial charge on any atom is -0.424 e. The zero-order chi connectivity index (χ0) is 14.2. The average molecular weight is 284 g/mol. The number of oxazole rings is 1. The third-order valence-corrected chi connectivity index (χ3v) is 3.84. The molecule has 1 aromatic carbocycles. The number of ether oxygens (including phenoxy) is 1. The fourth-order valence-corrected chi connectivity index (χ4v) is 2.78. The number of fused-ring (bicyclic) bond motifs is 1. The van der Waals surface area contributed by atoms with E-state index < -0.39 is 0 Å². The fraction of sp³-hybridized carbons (Fsp3) is 0.333. The lowest BCUT2D eigenvalue weighted by Gasteiger charge is -2.18. The summed E-state index contributed by atoms with van der Waals surface area (Å²) in [5.41, 5.74) is 2.70. The number of para-hydroxylation sites is 2. The highest BCUT2D eigenvalue weighted by Crippen LogP contribution is 2.31. The van der Waals surface area contributed by atoms with Gasteiger partial charge in [0.05, 0.1) is 11.7 Å². The largest absolute Gasteiger partial charge is 0.424 e. The van der Waals surface area contributed by atoms with Gasteiger partial charge in [0.2, 0.25) is 0 Å². The molecular weight excluding hydrogens is 268 g/mol. The van der Waals surface area contributed by atoms with Crippen molar-refractivity contribution in [1.82, 2.24) is 14.8 Å². The zero-order valence-corrected chi connectivity index (χ0v) is 11.7. The van der Waals surface area contributed by atoms with Crippen LogP contribution in [0.3, 0.4) is 0 Å². The quantitative estimate of drug-likeness (QED) is 0.800. The maximum atomic E-state index is 5.84. The second-order valence-corrected chi connectivity index (χ2v) is 5.20. The molecule has 3 aromatic rings. The highest BCUT2D eigenvalue weighted by molar-refractivity contribution is 5.74. The molecule has 1 saturated heterocycles. The molecule has 2 atom stereocenters. The van der Waals surface area contributed by atoms with E-state index in [1.807, 2.05) is 42.1 Å². The standard InChI is InChI=1S/C15H16N4O2/c1-19-12(6-8-16-19)14-11(7-9-20-14)18-15-17-10-4-2-3-5-13(10)21-15/h2-6,8,11,14H,7,9H2,1H3,(H,17,18)/t11-,14-/m0/s1. The van der Waals surface area contributed by atoms with E-state index in [2.05, 4.69) is 15.4 Å². The Kier molecular flexibility index (Phi) is 2.89. The monoisotopic (exact) mass is 284 g/mol. The van der Waals surface area contributed by atoms with E-state index in [4.69, 9.17) is 9.15 Å². The van der Waals surface area contributed by atoms with E-state index in [0.29, 0.717) is 12.6 Å². The van der Waals surface area contributed by atoms with Crippen LogP contribution in [0.2, 0.25) is 0 Å². The Morgan fingerprint density at radius 2 is 2.19 bits per heavy atom. The molecule has 21 heavy (non-hydrogen) atoms. The number of nitrogens with one attached hydrogen (secondary N) is 1. The van der Waals surface area contributed by atoms with Crippen LogP contribution >= 0.6 is 0 Å². The summed E-state index contributed by atoms with van der Waals surface area (Å²) in [6.07, 6.45) is 2.66. The Bertz CT molecular complexity index is 731. The molecule has 0 spiro atoms. The van der Waals surface area contributed by atoms with E-state index in [9.17, 15) is 0 Å². The Morgan fingerprint density at radius 3 is 3.00 bits per heavy atom. The lowest BCUT2D eigenvalue weighted by molar-refractivity contribution is 0.101. The molecule has 2 aromatic heterocycles. The predicted molar refractivity (Wildman–Crippen MR) is 77.9 cm³/mol. The number of rotatable bonds is 3. The number of aryl methyl sites for hydroxylation is 1. The van der Waals surface area contributed by atoms with E-state index >= 15 is 0 Å². The van der Waals surface area contributed by atoms with Gasteiger partial charge in [-0.2, -0.15) is 10.1 Å². The second-order valence-electron chi connectivity index (χ2n) is 5.20. The summed E-state index contributed by atoms with van der Waals surface area (Å²) >= 11 is 0. The van der Waals surface area contributed by atoms with Crippen molar-refractivity contribution in [3.63, 3.8) is 0 Å². The van der Waals surface area contributed by atoms with Crippen molar-refractivity contribution in [3.05, 3.63) is 42.2 Å². The maximum Gasteiger partial charge on any atom is 0.296 e. The number of hydrogen-bond donors (Lipinski definition) is 1. The lowest BCUT2D eigenvalue weighted by Crippen LogP contribution is -2.24. The first-order chi connectivity index (χ1) is 10.3. The van der Waals surface area contributed by atoms with Crippen molar-refractivity contribution in [3.8, 4) is 0 Å². The van der Waals surface area contributed by atoms with E-state index in [1.165, 1.54) is 0 Å². The Balaban J connectivity index is 1.59. The van der Waals surface area contributed by atoms with Crippen molar-refractivity contribution in [2.24, 2.45) is 7.05 Å². The molecule has 0 bridgehead atoms. The van der Waals surface area contributed by atoms with Crippen LogP contribution in [0.15, 0.2) is 40.9 Å². The lowest BCUT2D eigenvalue weighted by atomic mass is 10.1. The van der Waals surface area contributed by atoms with Gasteiger partial charge in [-0.15, -0.1) is 0 Å². The molecule has 6 heteroatoms. The second kappa shape index (κ2) is 4.89. The van der Waals surface area contributed by atoms with Crippen LogP contribution in [-0.4, -0.2) is 27.4 Å². The van der Waals surface area contributed by atoms with Gasteiger partial charge >= 0.3 is 0 Å². The fourth-order valence-electron chi connectivity index (χ4n) is 2.78. The number of benzene rings is 1. The highest BCUT2D eigenvalue weighted by atomic mass is 16.5. The molecule has 0 radical (unpaired) electrons. The van der Waals surface area contributed by atoms with Gasteiger partial charge < -0.3 is 14.5 Å². The van der Waals surface area contributed by atoms with Crippen LogP contribution in [0, 0.1) is 0 Å². The molecule has 1 fully saturated rings. The number of hydrogen-bond acceptors (Lipinski definition) is 5. The van der Waals surface area contributed by atoms with Gasteiger partial charge in [-0.25, -0.2) is 0 Å². The molecule has 6 nitrogen and oxygen atoms in total. The molecule has 1 aliphatic heterocycles. The maximum absolute atomic E-state index is 5.84. The van der Waals surface area contributed by atoms with Crippen LogP contribution in [-0.2, 0) is 11.8 Å². The normalized spacial score (nSPS) is 22.0. The predicted octanol–water partition coefficient (Wildman–Crippen LogP) is 2.50. The summed E-state index contributed by atoms with van der Waals surface area (Å²) in [7, 11) is 1.92. The third-order valence-electron chi connectivity index (χ3n) is 3.84. The van der Waals surface area contributed by atoms with Crippen LogP contribution in [0.1, 0.15) is 18.2 Å². The minimum absolute atomic E-state index is 0.0347. The Labute approximate surface area is 121 Å². The number of anilines is 1. The highest BCUT2D eigenvalue weighted by Gasteiger charge is 2.32. The first kappa shape index (κ1) is 12.4. The zero-order valence-electron chi connectivity index (χ0n) is 11.7. The van der Waals surface area contributed by atoms with E-state index in [-0.39, 0.29) is 12.1 Å². The molecule has 0 saturated carbocycles. The molecule has 0 aliphatic carbocycles. The Hall–Kier alpha value is -2.34. The SMILES string of the molecule is Cn1nccc1[C@H]1OCC[C@@H]1Nc1nc2ccccc2o1. The Morgan fingerprint density at radius 1 is 1.29 bits per heavy atom. The summed E-state index contributed by atoms with van der Waals surface area (Å²) in [6, 6.07) is 10.4. The summed E-state index contributed by atoms with van der Waals surface area (Å²) < 4.78 is 13.4. The molecule has 108 valence electrons. The van der Waals surface area contributed by atoms with Crippen molar-refractivity contribution < 1.29 is 9.15 Å². The smallest absolute Gasteiger partial charge is 0.296 e. The van der Waals surface area contributed by atoms with Crippen molar-refractivity contribution in [1.29, 1.82) is 0 Å². The molecule has 0 unspecified atom stereocenters. The third kappa shape index (κ3) is 2.17. The summed E-state index contributed by atoms with van der Waals surface area (Å²) in [4.78, 5) is 4.46. The topological polar surface area (TPSA) is 65.1 Å². The van der Waals surface area contributed by atoms with Crippen LogP contribution in [0.25, 0.3) is 11.1 Å². The van der Waals surface area contributed by atoms with Gasteiger partial charge in [-0.3, -0.25) is 4.68 Å². The summed E-state index contributed by atoms with van der Waals surface area (Å²) in [5.74, 6) is 0. The first-order valence-corrected chi connectivity index (χ1v) is 7.03.